The van der Waals surface area contributed by atoms with Crippen LogP contribution in [-0.4, -0.2) is 32.4 Å². The third-order valence-electron chi connectivity index (χ3n) is 4.82. The second-order valence-corrected chi connectivity index (χ2v) is 6.98. The molecule has 1 aromatic carbocycles. The summed E-state index contributed by atoms with van der Waals surface area (Å²) < 4.78 is 47.6. The molecular weight excluding hydrogens is 385 g/mol. The van der Waals surface area contributed by atoms with Crippen molar-refractivity contribution in [2.75, 3.05) is 11.9 Å². The monoisotopic (exact) mass is 404 g/mol. The molecule has 3 heterocycles. The summed E-state index contributed by atoms with van der Waals surface area (Å²) in [6.07, 6.45) is -5.52. The van der Waals surface area contributed by atoms with Crippen molar-refractivity contribution in [3.8, 4) is 0 Å². The predicted molar refractivity (Wildman–Crippen MR) is 102 cm³/mol. The Hall–Kier alpha value is -3.07. The van der Waals surface area contributed by atoms with Gasteiger partial charge in [-0.15, -0.1) is 0 Å². The normalized spacial score (nSPS) is 14.4. The second kappa shape index (κ2) is 6.77. The number of aliphatic hydroxyl groups is 1. The third kappa shape index (κ3) is 3.31. The van der Waals surface area contributed by atoms with Crippen molar-refractivity contribution in [3.63, 3.8) is 0 Å². The lowest BCUT2D eigenvalue weighted by Gasteiger charge is -2.28. The van der Waals surface area contributed by atoms with Gasteiger partial charge in [0.05, 0.1) is 11.2 Å². The van der Waals surface area contributed by atoms with Crippen LogP contribution in [0.3, 0.4) is 0 Å². The molecule has 3 aromatic heterocycles. The first kappa shape index (κ1) is 19.3. The molecule has 2 N–H and O–H groups in total. The molecule has 0 unspecified atom stereocenters. The first-order valence-electron chi connectivity index (χ1n) is 9.04. The molecule has 152 valence electrons. The minimum absolute atomic E-state index is 0.171. The molecular formula is C20H19F3N4O2. The second-order valence-electron chi connectivity index (χ2n) is 6.98. The standard InChI is InChI=1S/C20H19F3N4O2/c1-12-11-17-25-18(14-5-3-4-6-15(14)27(17)26-12)24-10-9-19(28,20(21,22)23)16-8-7-13(2)29-16/h3-8,11,28H,9-10H2,1-2H3,(H,24,25)/t19-/m1/s1. The fourth-order valence-electron chi connectivity index (χ4n) is 3.33. The fraction of sp³-hybridized carbons (Fsp3) is 0.300. The Kier molecular flexibility index (Phi) is 4.49. The Balaban J connectivity index is 1.65. The highest BCUT2D eigenvalue weighted by Crippen LogP contribution is 2.42. The van der Waals surface area contributed by atoms with E-state index in [0.717, 1.165) is 17.3 Å². The molecule has 4 rings (SSSR count). The van der Waals surface area contributed by atoms with Crippen molar-refractivity contribution < 1.29 is 22.7 Å². The highest BCUT2D eigenvalue weighted by molar-refractivity contribution is 5.91. The molecule has 0 aliphatic heterocycles. The highest BCUT2D eigenvalue weighted by Gasteiger charge is 2.56. The van der Waals surface area contributed by atoms with Crippen LogP contribution in [0.15, 0.2) is 46.9 Å². The molecule has 0 bridgehead atoms. The molecule has 0 amide bonds. The summed E-state index contributed by atoms with van der Waals surface area (Å²) in [5.74, 6) is 0.196. The molecule has 9 heteroatoms. The number of nitrogens with one attached hydrogen (secondary N) is 1. The summed E-state index contributed by atoms with van der Waals surface area (Å²) in [5, 5.41) is 18.5. The van der Waals surface area contributed by atoms with Crippen LogP contribution < -0.4 is 5.32 Å². The van der Waals surface area contributed by atoms with E-state index >= 15 is 0 Å². The lowest BCUT2D eigenvalue weighted by atomic mass is 9.95. The van der Waals surface area contributed by atoms with Crippen LogP contribution in [0.5, 0.6) is 0 Å². The van der Waals surface area contributed by atoms with E-state index < -0.39 is 24.0 Å². The zero-order valence-electron chi connectivity index (χ0n) is 15.8. The van der Waals surface area contributed by atoms with Crippen molar-refractivity contribution >= 4 is 22.4 Å². The van der Waals surface area contributed by atoms with Crippen LogP contribution in [0, 0.1) is 13.8 Å². The predicted octanol–water partition coefficient (Wildman–Crippen LogP) is 4.34. The first-order chi connectivity index (χ1) is 13.7. The lowest BCUT2D eigenvalue weighted by Crippen LogP contribution is -2.43. The molecule has 0 radical (unpaired) electrons. The van der Waals surface area contributed by atoms with Gasteiger partial charge in [-0.1, -0.05) is 12.1 Å². The number of aryl methyl sites for hydroxylation is 2. The van der Waals surface area contributed by atoms with Crippen LogP contribution in [0.1, 0.15) is 23.6 Å². The van der Waals surface area contributed by atoms with Gasteiger partial charge >= 0.3 is 6.18 Å². The molecule has 29 heavy (non-hydrogen) atoms. The summed E-state index contributed by atoms with van der Waals surface area (Å²) in [6.45, 7) is 3.19. The molecule has 0 spiro atoms. The average Bonchev–Trinajstić information content (AvgIpc) is 3.26. The van der Waals surface area contributed by atoms with E-state index in [-0.39, 0.29) is 6.54 Å². The lowest BCUT2D eigenvalue weighted by molar-refractivity contribution is -0.274. The van der Waals surface area contributed by atoms with Gasteiger partial charge in [0.15, 0.2) is 5.65 Å². The Morgan fingerprint density at radius 1 is 1.14 bits per heavy atom. The van der Waals surface area contributed by atoms with Gasteiger partial charge in [0.1, 0.15) is 17.3 Å². The number of halogens is 3. The van der Waals surface area contributed by atoms with Gasteiger partial charge in [0.2, 0.25) is 5.60 Å². The fourth-order valence-corrected chi connectivity index (χ4v) is 3.33. The molecule has 0 fully saturated rings. The molecule has 1 atom stereocenters. The van der Waals surface area contributed by atoms with E-state index in [1.54, 1.807) is 10.6 Å². The van der Waals surface area contributed by atoms with Gasteiger partial charge in [-0.05, 0) is 38.1 Å². The van der Waals surface area contributed by atoms with E-state index in [1.165, 1.54) is 13.0 Å². The zero-order chi connectivity index (χ0) is 20.8. The van der Waals surface area contributed by atoms with Crippen molar-refractivity contribution in [2.24, 2.45) is 0 Å². The topological polar surface area (TPSA) is 75.6 Å². The summed E-state index contributed by atoms with van der Waals surface area (Å²) in [6, 6.07) is 11.7. The van der Waals surface area contributed by atoms with Gasteiger partial charge in [-0.3, -0.25) is 0 Å². The van der Waals surface area contributed by atoms with E-state index in [0.29, 0.717) is 22.6 Å². The summed E-state index contributed by atoms with van der Waals surface area (Å²) in [7, 11) is 0. The molecule has 4 aromatic rings. The minimum atomic E-state index is -4.89. The third-order valence-corrected chi connectivity index (χ3v) is 4.82. The zero-order valence-corrected chi connectivity index (χ0v) is 15.8. The molecule has 0 saturated heterocycles. The van der Waals surface area contributed by atoms with Crippen molar-refractivity contribution in [1.82, 2.24) is 14.6 Å². The molecule has 0 aliphatic carbocycles. The summed E-state index contributed by atoms with van der Waals surface area (Å²) in [4.78, 5) is 4.49. The number of furan rings is 1. The Morgan fingerprint density at radius 3 is 2.59 bits per heavy atom. The first-order valence-corrected chi connectivity index (χ1v) is 9.04. The number of benzene rings is 1. The smallest absolute Gasteiger partial charge is 0.424 e. The van der Waals surface area contributed by atoms with Crippen molar-refractivity contribution in [2.45, 2.75) is 32.0 Å². The van der Waals surface area contributed by atoms with E-state index in [1.807, 2.05) is 31.2 Å². The molecule has 6 nitrogen and oxygen atoms in total. The van der Waals surface area contributed by atoms with Crippen LogP contribution in [-0.2, 0) is 5.60 Å². The largest absolute Gasteiger partial charge is 0.463 e. The SMILES string of the molecule is Cc1cc2nc(NCC[C@@](O)(c3ccc(C)o3)C(F)(F)F)c3ccccc3n2n1. The average molecular weight is 404 g/mol. The summed E-state index contributed by atoms with van der Waals surface area (Å²) in [5.41, 5.74) is -0.960. The number of aromatic nitrogens is 3. The quantitative estimate of drug-likeness (QED) is 0.517. The maximum atomic E-state index is 13.6. The Labute approximate surface area is 164 Å². The number of hydrogen-bond acceptors (Lipinski definition) is 5. The maximum absolute atomic E-state index is 13.6. The van der Waals surface area contributed by atoms with E-state index in [2.05, 4.69) is 15.4 Å². The number of anilines is 1. The van der Waals surface area contributed by atoms with E-state index in [9.17, 15) is 18.3 Å². The number of fused-ring (bicyclic) bond motifs is 3. The van der Waals surface area contributed by atoms with Gasteiger partial charge in [0, 0.05) is 24.4 Å². The molecule has 0 saturated carbocycles. The van der Waals surface area contributed by atoms with Gasteiger partial charge in [-0.25, -0.2) is 9.50 Å². The van der Waals surface area contributed by atoms with Crippen LogP contribution >= 0.6 is 0 Å². The summed E-state index contributed by atoms with van der Waals surface area (Å²) >= 11 is 0. The van der Waals surface area contributed by atoms with Crippen LogP contribution in [0.2, 0.25) is 0 Å². The number of nitrogens with zero attached hydrogens (tertiary/aromatic N) is 3. The van der Waals surface area contributed by atoms with Crippen molar-refractivity contribution in [1.29, 1.82) is 0 Å². The van der Waals surface area contributed by atoms with E-state index in [4.69, 9.17) is 4.42 Å². The number of para-hydroxylation sites is 1. The van der Waals surface area contributed by atoms with Gasteiger partial charge in [0.25, 0.3) is 0 Å². The van der Waals surface area contributed by atoms with Crippen molar-refractivity contribution in [3.05, 3.63) is 59.7 Å². The Morgan fingerprint density at radius 2 is 1.90 bits per heavy atom. The maximum Gasteiger partial charge on any atom is 0.424 e. The number of hydrogen-bond donors (Lipinski definition) is 2. The van der Waals surface area contributed by atoms with Gasteiger partial charge < -0.3 is 14.8 Å². The highest BCUT2D eigenvalue weighted by atomic mass is 19.4. The number of alkyl halides is 3. The molecule has 0 aliphatic rings. The van der Waals surface area contributed by atoms with Crippen LogP contribution in [0.25, 0.3) is 16.6 Å². The van der Waals surface area contributed by atoms with Gasteiger partial charge in [-0.2, -0.15) is 18.3 Å². The Bertz CT molecular complexity index is 1180. The van der Waals surface area contributed by atoms with Crippen LogP contribution in [0.4, 0.5) is 19.0 Å². The number of rotatable bonds is 5. The minimum Gasteiger partial charge on any atom is -0.463 e.